The first-order chi connectivity index (χ1) is 6.74. The lowest BCUT2D eigenvalue weighted by Crippen LogP contribution is -2.02. The highest BCUT2D eigenvalue weighted by atomic mass is 32.2. The van der Waals surface area contributed by atoms with Crippen LogP contribution in [0.1, 0.15) is 10.4 Å². The largest absolute Gasteiger partial charge is 0.293 e. The quantitative estimate of drug-likeness (QED) is 0.597. The van der Waals surface area contributed by atoms with Crippen LogP contribution in [-0.4, -0.2) is 21.3 Å². The van der Waals surface area contributed by atoms with Gasteiger partial charge in [-0.25, -0.2) is 0 Å². The summed E-state index contributed by atoms with van der Waals surface area (Å²) < 4.78 is 0.814. The average Bonchev–Trinajstić information content (AvgIpc) is 2.26. The van der Waals surface area contributed by atoms with Gasteiger partial charge in [0.1, 0.15) is 3.53 Å². The molecule has 4 heteroatoms. The maximum Gasteiger partial charge on any atom is 0.173 e. The molecule has 0 atom stereocenters. The first-order valence-corrected chi connectivity index (χ1v) is 6.65. The van der Waals surface area contributed by atoms with Crippen LogP contribution in [-0.2, 0) is 0 Å². The van der Waals surface area contributed by atoms with E-state index >= 15 is 0 Å². The van der Waals surface area contributed by atoms with Crippen molar-refractivity contribution in [3.8, 4) is 0 Å². The molecule has 0 bridgehead atoms. The van der Waals surface area contributed by atoms with E-state index < -0.39 is 0 Å². The van der Waals surface area contributed by atoms with Crippen molar-refractivity contribution in [3.63, 3.8) is 0 Å². The first kappa shape index (κ1) is 11.8. The molecule has 0 aromatic heterocycles. The molecular weight excluding hydrogens is 232 g/mol. The van der Waals surface area contributed by atoms with Crippen molar-refractivity contribution in [1.29, 1.82) is 0 Å². The maximum absolute atomic E-state index is 11.6. The van der Waals surface area contributed by atoms with Crippen LogP contribution >= 0.6 is 35.7 Å². The van der Waals surface area contributed by atoms with Crippen LogP contribution in [0.15, 0.2) is 30.3 Å². The number of carbonyl (C=O) groups is 1. The Labute approximate surface area is 97.7 Å². The summed E-state index contributed by atoms with van der Waals surface area (Å²) in [5.74, 6) is 0.566. The second kappa shape index (κ2) is 6.22. The lowest BCUT2D eigenvalue weighted by molar-refractivity contribution is 0.102. The molecule has 1 rings (SSSR count). The molecule has 1 aromatic rings. The summed E-state index contributed by atoms with van der Waals surface area (Å²) in [4.78, 5) is 11.6. The minimum atomic E-state index is 0.131. The molecule has 0 aliphatic carbocycles. The highest BCUT2D eigenvalue weighted by molar-refractivity contribution is 8.47. The second-order valence-corrected chi connectivity index (χ2v) is 5.52. The summed E-state index contributed by atoms with van der Waals surface area (Å²) >= 11 is 7.93. The minimum absolute atomic E-state index is 0.131. The fraction of sp³-hybridized carbons (Fsp3) is 0.200. The molecule has 0 heterocycles. The molecular formula is C10H10OS3. The van der Waals surface area contributed by atoms with E-state index in [1.165, 1.54) is 23.5 Å². The van der Waals surface area contributed by atoms with Gasteiger partial charge in [0.25, 0.3) is 0 Å². The van der Waals surface area contributed by atoms with Gasteiger partial charge in [-0.15, -0.1) is 11.8 Å². The molecule has 0 unspecified atom stereocenters. The summed E-state index contributed by atoms with van der Waals surface area (Å²) in [5.41, 5.74) is 0.754. The molecule has 0 fully saturated rings. The van der Waals surface area contributed by atoms with E-state index in [4.69, 9.17) is 12.2 Å². The van der Waals surface area contributed by atoms with Crippen LogP contribution < -0.4 is 0 Å². The van der Waals surface area contributed by atoms with Crippen LogP contribution in [0.25, 0.3) is 0 Å². The Morgan fingerprint density at radius 3 is 2.57 bits per heavy atom. The van der Waals surface area contributed by atoms with Gasteiger partial charge in [0.05, 0.1) is 5.75 Å². The number of ketones is 1. The molecule has 1 aromatic carbocycles. The van der Waals surface area contributed by atoms with E-state index in [0.717, 1.165) is 9.09 Å². The maximum atomic E-state index is 11.6. The number of rotatable bonds is 3. The number of thioether (sulfide) groups is 2. The van der Waals surface area contributed by atoms with Crippen LogP contribution in [0.4, 0.5) is 0 Å². The summed E-state index contributed by atoms with van der Waals surface area (Å²) in [6, 6.07) is 9.28. The predicted octanol–water partition coefficient (Wildman–Crippen LogP) is 3.25. The third kappa shape index (κ3) is 3.82. The highest BCUT2D eigenvalue weighted by Gasteiger charge is 2.06. The van der Waals surface area contributed by atoms with Gasteiger partial charge < -0.3 is 0 Å². The summed E-state index contributed by atoms with van der Waals surface area (Å²) in [6.07, 6.45) is 1.92. The number of thiocarbonyl (C=S) groups is 1. The molecule has 0 N–H and O–H groups in total. The van der Waals surface area contributed by atoms with Gasteiger partial charge in [-0.05, 0) is 6.26 Å². The number of carbonyl (C=O) groups excluding carboxylic acids is 1. The van der Waals surface area contributed by atoms with Crippen molar-refractivity contribution >= 4 is 45.1 Å². The van der Waals surface area contributed by atoms with Gasteiger partial charge in [-0.3, -0.25) is 4.79 Å². The van der Waals surface area contributed by atoms with Crippen molar-refractivity contribution in [2.45, 2.75) is 0 Å². The van der Waals surface area contributed by atoms with Crippen LogP contribution in [0, 0.1) is 0 Å². The summed E-state index contributed by atoms with van der Waals surface area (Å²) in [6.45, 7) is 0. The third-order valence-electron chi connectivity index (χ3n) is 1.58. The lowest BCUT2D eigenvalue weighted by Gasteiger charge is -2.00. The summed E-state index contributed by atoms with van der Waals surface area (Å²) in [7, 11) is 0. The van der Waals surface area contributed by atoms with Crippen molar-refractivity contribution in [2.24, 2.45) is 0 Å². The van der Waals surface area contributed by atoms with Gasteiger partial charge in [0, 0.05) is 5.56 Å². The van der Waals surface area contributed by atoms with Gasteiger partial charge in [-0.1, -0.05) is 54.3 Å². The van der Waals surface area contributed by atoms with E-state index in [2.05, 4.69) is 0 Å². The minimum Gasteiger partial charge on any atom is -0.293 e. The Morgan fingerprint density at radius 1 is 1.36 bits per heavy atom. The van der Waals surface area contributed by atoms with E-state index in [0.29, 0.717) is 5.75 Å². The standard InChI is InChI=1S/C10H10OS3/c1-13-10(12)14-7-9(11)8-5-3-2-4-6-8/h2-6H,7H2,1H3. The molecule has 0 aliphatic heterocycles. The Balaban J connectivity index is 2.48. The van der Waals surface area contributed by atoms with Crippen molar-refractivity contribution < 1.29 is 4.79 Å². The molecule has 0 aliphatic rings. The zero-order chi connectivity index (χ0) is 10.4. The monoisotopic (exact) mass is 242 g/mol. The fourth-order valence-corrected chi connectivity index (χ4v) is 2.13. The van der Waals surface area contributed by atoms with Crippen molar-refractivity contribution in [1.82, 2.24) is 0 Å². The molecule has 0 saturated heterocycles. The highest BCUT2D eigenvalue weighted by Crippen LogP contribution is 2.15. The Bertz CT molecular complexity index is 321. The number of hydrogen-bond acceptors (Lipinski definition) is 4. The summed E-state index contributed by atoms with van der Waals surface area (Å²) in [5, 5.41) is 0. The molecule has 0 amide bonds. The molecule has 74 valence electrons. The topological polar surface area (TPSA) is 17.1 Å². The van der Waals surface area contributed by atoms with Gasteiger partial charge in [0.15, 0.2) is 5.78 Å². The Hall–Kier alpha value is -0.320. The smallest absolute Gasteiger partial charge is 0.173 e. The zero-order valence-corrected chi connectivity index (χ0v) is 10.2. The van der Waals surface area contributed by atoms with E-state index in [1.807, 2.05) is 36.6 Å². The number of benzene rings is 1. The first-order valence-electron chi connectivity index (χ1n) is 4.03. The van der Waals surface area contributed by atoms with E-state index in [1.54, 1.807) is 0 Å². The molecule has 0 spiro atoms. The Morgan fingerprint density at radius 2 is 2.00 bits per heavy atom. The average molecular weight is 242 g/mol. The number of hydrogen-bond donors (Lipinski definition) is 0. The van der Waals surface area contributed by atoms with Crippen LogP contribution in [0.2, 0.25) is 0 Å². The molecule has 0 saturated carbocycles. The normalized spacial score (nSPS) is 9.79. The SMILES string of the molecule is CSC(=S)SCC(=O)c1ccccc1. The predicted molar refractivity (Wildman–Crippen MR) is 69.3 cm³/mol. The van der Waals surface area contributed by atoms with Crippen LogP contribution in [0.3, 0.4) is 0 Å². The second-order valence-electron chi connectivity index (χ2n) is 2.53. The molecule has 14 heavy (non-hydrogen) atoms. The Kier molecular flexibility index (Phi) is 5.22. The van der Waals surface area contributed by atoms with Gasteiger partial charge >= 0.3 is 0 Å². The third-order valence-corrected chi connectivity index (χ3v) is 4.27. The van der Waals surface area contributed by atoms with Crippen molar-refractivity contribution in [3.05, 3.63) is 35.9 Å². The van der Waals surface area contributed by atoms with Crippen LogP contribution in [0.5, 0.6) is 0 Å². The molecule has 1 nitrogen and oxygen atoms in total. The zero-order valence-electron chi connectivity index (χ0n) is 7.73. The van der Waals surface area contributed by atoms with E-state index in [-0.39, 0.29) is 5.78 Å². The van der Waals surface area contributed by atoms with Gasteiger partial charge in [0.2, 0.25) is 0 Å². The van der Waals surface area contributed by atoms with E-state index in [9.17, 15) is 4.79 Å². The fourth-order valence-electron chi connectivity index (χ4n) is 0.891. The lowest BCUT2D eigenvalue weighted by atomic mass is 10.2. The molecule has 0 radical (unpaired) electrons. The van der Waals surface area contributed by atoms with Gasteiger partial charge in [-0.2, -0.15) is 0 Å². The number of Topliss-reactive ketones (excluding diaryl/α,β-unsaturated/α-hetero) is 1. The van der Waals surface area contributed by atoms with Crippen molar-refractivity contribution in [2.75, 3.05) is 12.0 Å².